The van der Waals surface area contributed by atoms with Gasteiger partial charge in [-0.15, -0.1) is 0 Å². The average molecular weight is 335 g/mol. The standard InChI is InChI=1S/C12H16BrFN2OS/c1-7(2)16(5-6-17)9-4-3-8(12(15)18)10(13)11(9)14/h3-4,7,17H,5-6H2,1-2H3,(H2,15,18). The van der Waals surface area contributed by atoms with Crippen molar-refractivity contribution in [1.29, 1.82) is 0 Å². The third-order valence-corrected chi connectivity index (χ3v) is 3.60. The van der Waals surface area contributed by atoms with Gasteiger partial charge in [0.2, 0.25) is 0 Å². The minimum Gasteiger partial charge on any atom is -0.395 e. The molecule has 0 spiro atoms. The van der Waals surface area contributed by atoms with Gasteiger partial charge in [0.1, 0.15) is 4.99 Å². The highest BCUT2D eigenvalue weighted by Gasteiger charge is 2.19. The maximum absolute atomic E-state index is 14.3. The largest absolute Gasteiger partial charge is 0.395 e. The van der Waals surface area contributed by atoms with Crippen molar-refractivity contribution in [3.8, 4) is 0 Å². The highest BCUT2D eigenvalue weighted by atomic mass is 79.9. The first-order valence-corrected chi connectivity index (χ1v) is 6.75. The van der Waals surface area contributed by atoms with Crippen molar-refractivity contribution in [2.24, 2.45) is 5.73 Å². The van der Waals surface area contributed by atoms with Gasteiger partial charge in [-0.05, 0) is 41.9 Å². The van der Waals surface area contributed by atoms with E-state index in [4.69, 9.17) is 23.1 Å². The van der Waals surface area contributed by atoms with Crippen molar-refractivity contribution < 1.29 is 9.50 Å². The van der Waals surface area contributed by atoms with Gasteiger partial charge < -0.3 is 15.7 Å². The van der Waals surface area contributed by atoms with Crippen LogP contribution in [0, 0.1) is 5.82 Å². The minimum atomic E-state index is -0.414. The molecular formula is C12H16BrFN2OS. The highest BCUT2D eigenvalue weighted by molar-refractivity contribution is 9.10. The molecular weight excluding hydrogens is 319 g/mol. The molecule has 0 unspecified atom stereocenters. The fraction of sp³-hybridized carbons (Fsp3) is 0.417. The van der Waals surface area contributed by atoms with E-state index in [1.807, 2.05) is 13.8 Å². The number of anilines is 1. The summed E-state index contributed by atoms with van der Waals surface area (Å²) in [6, 6.07) is 3.39. The number of nitrogens with two attached hydrogens (primary N) is 1. The molecule has 0 bridgehead atoms. The molecule has 0 fully saturated rings. The van der Waals surface area contributed by atoms with Crippen molar-refractivity contribution >= 4 is 38.8 Å². The van der Waals surface area contributed by atoms with Gasteiger partial charge in [0.15, 0.2) is 5.82 Å². The van der Waals surface area contributed by atoms with Gasteiger partial charge in [0, 0.05) is 18.2 Å². The molecule has 0 saturated heterocycles. The number of aliphatic hydroxyl groups excluding tert-OH is 1. The van der Waals surface area contributed by atoms with E-state index < -0.39 is 5.82 Å². The Bertz CT molecular complexity index is 454. The number of hydrogen-bond acceptors (Lipinski definition) is 3. The number of nitrogens with zero attached hydrogens (tertiary/aromatic N) is 1. The lowest BCUT2D eigenvalue weighted by Crippen LogP contribution is -2.34. The Balaban J connectivity index is 3.25. The van der Waals surface area contributed by atoms with Crippen LogP contribution >= 0.6 is 28.1 Å². The lowest BCUT2D eigenvalue weighted by Gasteiger charge is -2.29. The average Bonchev–Trinajstić information content (AvgIpc) is 2.29. The Morgan fingerprint density at radius 2 is 2.17 bits per heavy atom. The Morgan fingerprint density at radius 3 is 2.61 bits per heavy atom. The van der Waals surface area contributed by atoms with E-state index in [0.717, 1.165) is 0 Å². The number of rotatable bonds is 5. The molecule has 0 saturated carbocycles. The van der Waals surface area contributed by atoms with Crippen LogP contribution in [-0.4, -0.2) is 29.3 Å². The molecule has 0 aliphatic heterocycles. The molecule has 0 aromatic heterocycles. The highest BCUT2D eigenvalue weighted by Crippen LogP contribution is 2.30. The Labute approximate surface area is 120 Å². The van der Waals surface area contributed by atoms with Gasteiger partial charge in [0.25, 0.3) is 0 Å². The van der Waals surface area contributed by atoms with Crippen molar-refractivity contribution in [2.45, 2.75) is 19.9 Å². The van der Waals surface area contributed by atoms with Crippen LogP contribution in [0.3, 0.4) is 0 Å². The van der Waals surface area contributed by atoms with Crippen LogP contribution in [0.4, 0.5) is 10.1 Å². The quantitative estimate of drug-likeness (QED) is 0.812. The number of aliphatic hydroxyl groups is 1. The summed E-state index contributed by atoms with van der Waals surface area (Å²) >= 11 is 8.02. The zero-order chi connectivity index (χ0) is 13.9. The Morgan fingerprint density at radius 1 is 1.56 bits per heavy atom. The first-order valence-electron chi connectivity index (χ1n) is 5.55. The van der Waals surface area contributed by atoms with Crippen molar-refractivity contribution in [3.05, 3.63) is 28.0 Å². The lowest BCUT2D eigenvalue weighted by atomic mass is 10.1. The molecule has 0 aliphatic rings. The fourth-order valence-electron chi connectivity index (χ4n) is 1.72. The third-order valence-electron chi connectivity index (χ3n) is 2.60. The SMILES string of the molecule is CC(C)N(CCO)c1ccc(C(N)=S)c(Br)c1F. The molecule has 18 heavy (non-hydrogen) atoms. The van der Waals surface area contributed by atoms with Gasteiger partial charge in [0.05, 0.1) is 16.8 Å². The van der Waals surface area contributed by atoms with E-state index >= 15 is 0 Å². The van der Waals surface area contributed by atoms with Crippen LogP contribution in [-0.2, 0) is 0 Å². The molecule has 6 heteroatoms. The lowest BCUT2D eigenvalue weighted by molar-refractivity contribution is 0.298. The van der Waals surface area contributed by atoms with Crippen molar-refractivity contribution in [2.75, 3.05) is 18.1 Å². The molecule has 0 aliphatic carbocycles. The molecule has 0 heterocycles. The van der Waals surface area contributed by atoms with E-state index in [9.17, 15) is 4.39 Å². The van der Waals surface area contributed by atoms with Crippen molar-refractivity contribution in [1.82, 2.24) is 0 Å². The van der Waals surface area contributed by atoms with Gasteiger partial charge in [-0.25, -0.2) is 4.39 Å². The summed E-state index contributed by atoms with van der Waals surface area (Å²) in [6.45, 7) is 4.20. The van der Waals surface area contributed by atoms with Gasteiger partial charge in [-0.2, -0.15) is 0 Å². The van der Waals surface area contributed by atoms with Crippen LogP contribution in [0.15, 0.2) is 16.6 Å². The summed E-state index contributed by atoms with van der Waals surface area (Å²) in [6.07, 6.45) is 0. The predicted octanol–water partition coefficient (Wildman–Crippen LogP) is 2.43. The normalized spacial score (nSPS) is 10.8. The molecule has 3 nitrogen and oxygen atoms in total. The number of halogens is 2. The second-order valence-corrected chi connectivity index (χ2v) is 5.37. The number of benzene rings is 1. The van der Waals surface area contributed by atoms with Gasteiger partial charge >= 0.3 is 0 Å². The van der Waals surface area contributed by atoms with Crippen LogP contribution < -0.4 is 10.6 Å². The molecule has 1 rings (SSSR count). The van der Waals surface area contributed by atoms with E-state index in [0.29, 0.717) is 17.8 Å². The minimum absolute atomic E-state index is 0.0354. The molecule has 0 amide bonds. The Hall–Kier alpha value is -0.720. The maximum Gasteiger partial charge on any atom is 0.161 e. The first kappa shape index (κ1) is 15.3. The van der Waals surface area contributed by atoms with Crippen LogP contribution in [0.5, 0.6) is 0 Å². The molecule has 0 radical (unpaired) electrons. The summed E-state index contributed by atoms with van der Waals surface area (Å²) in [5.74, 6) is -0.414. The Kier molecular flexibility index (Phi) is 5.49. The molecule has 0 atom stereocenters. The molecule has 100 valence electrons. The third kappa shape index (κ3) is 3.18. The van der Waals surface area contributed by atoms with Crippen LogP contribution in [0.2, 0.25) is 0 Å². The molecule has 1 aromatic carbocycles. The van der Waals surface area contributed by atoms with Gasteiger partial charge in [-0.1, -0.05) is 12.2 Å². The van der Waals surface area contributed by atoms with Crippen molar-refractivity contribution in [3.63, 3.8) is 0 Å². The topological polar surface area (TPSA) is 49.5 Å². The first-order chi connectivity index (χ1) is 8.40. The van der Waals surface area contributed by atoms with E-state index in [-0.39, 0.29) is 22.1 Å². The maximum atomic E-state index is 14.3. The fourth-order valence-corrected chi connectivity index (χ4v) is 2.57. The van der Waals surface area contributed by atoms with Gasteiger partial charge in [-0.3, -0.25) is 0 Å². The van der Waals surface area contributed by atoms with Crippen LogP contribution in [0.1, 0.15) is 19.4 Å². The summed E-state index contributed by atoms with van der Waals surface area (Å²) in [4.78, 5) is 1.93. The predicted molar refractivity (Wildman–Crippen MR) is 79.6 cm³/mol. The van der Waals surface area contributed by atoms with E-state index in [1.165, 1.54) is 0 Å². The zero-order valence-electron chi connectivity index (χ0n) is 10.3. The second kappa shape index (κ2) is 6.45. The monoisotopic (exact) mass is 334 g/mol. The second-order valence-electron chi connectivity index (χ2n) is 4.14. The summed E-state index contributed by atoms with van der Waals surface area (Å²) in [5, 5.41) is 9.03. The number of thiocarbonyl (C=S) groups is 1. The van der Waals surface area contributed by atoms with Crippen LogP contribution in [0.25, 0.3) is 0 Å². The smallest absolute Gasteiger partial charge is 0.161 e. The zero-order valence-corrected chi connectivity index (χ0v) is 12.7. The summed E-state index contributed by atoms with van der Waals surface area (Å²) in [7, 11) is 0. The molecule has 3 N–H and O–H groups in total. The summed E-state index contributed by atoms with van der Waals surface area (Å²) < 4.78 is 14.5. The van der Waals surface area contributed by atoms with E-state index in [2.05, 4.69) is 15.9 Å². The number of hydrogen-bond donors (Lipinski definition) is 2. The summed E-state index contributed by atoms with van der Waals surface area (Å²) in [5.41, 5.74) is 6.40. The molecule has 1 aromatic rings. The van der Waals surface area contributed by atoms with E-state index in [1.54, 1.807) is 17.0 Å².